The van der Waals surface area contributed by atoms with Gasteiger partial charge in [0.25, 0.3) is 10.0 Å². The van der Waals surface area contributed by atoms with Crippen LogP contribution in [-0.4, -0.2) is 106 Å². The lowest BCUT2D eigenvalue weighted by atomic mass is 10.0. The molecule has 1 saturated carbocycles. The third-order valence-corrected chi connectivity index (χ3v) is 10.2. The average molecular weight is 661 g/mol. The van der Waals surface area contributed by atoms with Gasteiger partial charge in [-0.05, 0) is 49.4 Å². The van der Waals surface area contributed by atoms with Gasteiger partial charge in [-0.1, -0.05) is 53.7 Å². The summed E-state index contributed by atoms with van der Waals surface area (Å²) in [6, 6.07) is 14.5. The maximum Gasteiger partial charge on any atom is 0.407 e. The second kappa shape index (κ2) is 15.5. The number of nitrogens with zero attached hydrogens (tertiary/aromatic N) is 2. The van der Waals surface area contributed by atoms with Gasteiger partial charge in [0.05, 0.1) is 55.4 Å². The van der Waals surface area contributed by atoms with Gasteiger partial charge in [0, 0.05) is 19.8 Å². The van der Waals surface area contributed by atoms with Crippen LogP contribution >= 0.6 is 0 Å². The van der Waals surface area contributed by atoms with Crippen molar-refractivity contribution in [3.8, 4) is 0 Å². The second-order valence-corrected chi connectivity index (χ2v) is 14.0. The van der Waals surface area contributed by atoms with Crippen molar-refractivity contribution in [3.63, 3.8) is 0 Å². The molecule has 0 radical (unpaired) electrons. The van der Waals surface area contributed by atoms with Gasteiger partial charge in [-0.25, -0.2) is 13.2 Å². The first-order valence-corrected chi connectivity index (χ1v) is 17.2. The van der Waals surface area contributed by atoms with Crippen LogP contribution in [0.15, 0.2) is 59.5 Å². The Morgan fingerprint density at radius 3 is 2.54 bits per heavy atom. The van der Waals surface area contributed by atoms with Crippen LogP contribution < -0.4 is 10.6 Å². The fraction of sp³-hybridized carbons (Fsp3) is 0.562. The maximum absolute atomic E-state index is 14.0. The highest BCUT2D eigenvalue weighted by Crippen LogP contribution is 2.33. The fourth-order valence-electron chi connectivity index (χ4n) is 5.88. The minimum atomic E-state index is -4.28. The molecule has 1 aliphatic carbocycles. The molecule has 5 rings (SSSR count). The highest BCUT2D eigenvalue weighted by atomic mass is 32.2. The van der Waals surface area contributed by atoms with E-state index in [4.69, 9.17) is 19.0 Å². The first kappa shape index (κ1) is 34.1. The number of ether oxygens (including phenoxy) is 3. The summed E-state index contributed by atoms with van der Waals surface area (Å²) >= 11 is 0. The number of likely N-dealkylation sites (N-methyl/N-ethyl adjacent to an activating group) is 1. The van der Waals surface area contributed by atoms with Gasteiger partial charge in [-0.15, -0.1) is 0 Å². The largest absolute Gasteiger partial charge is 0.443 e. The van der Waals surface area contributed by atoms with Gasteiger partial charge in [0.2, 0.25) is 5.91 Å². The number of aliphatic hydroxyl groups is 1. The van der Waals surface area contributed by atoms with Crippen molar-refractivity contribution in [1.29, 1.82) is 0 Å². The molecular weight excluding hydrogens is 616 g/mol. The predicted molar refractivity (Wildman–Crippen MR) is 168 cm³/mol. The highest BCUT2D eigenvalue weighted by molar-refractivity contribution is 7.89. The molecule has 2 aromatic carbocycles. The zero-order chi connectivity index (χ0) is 32.7. The third kappa shape index (κ3) is 8.75. The first-order chi connectivity index (χ1) is 22.1. The van der Waals surface area contributed by atoms with Gasteiger partial charge in [0.1, 0.15) is 6.10 Å². The molecule has 0 spiro atoms. The Labute approximate surface area is 270 Å². The Kier molecular flexibility index (Phi) is 11.5. The zero-order valence-corrected chi connectivity index (χ0v) is 27.1. The number of aliphatic hydroxyl groups excluding tert-OH is 1. The smallest absolute Gasteiger partial charge is 0.407 e. The van der Waals surface area contributed by atoms with Crippen molar-refractivity contribution in [2.45, 2.75) is 74.1 Å². The van der Waals surface area contributed by atoms with E-state index in [1.165, 1.54) is 17.0 Å². The summed E-state index contributed by atoms with van der Waals surface area (Å²) in [6.45, 7) is 0.290. The van der Waals surface area contributed by atoms with E-state index in [1.54, 1.807) is 26.2 Å². The van der Waals surface area contributed by atoms with Crippen LogP contribution in [0, 0.1) is 5.92 Å². The number of amides is 2. The second-order valence-electron chi connectivity index (χ2n) is 12.1. The topological polar surface area (TPSA) is 156 Å². The Hall–Kier alpha value is -3.27. The number of rotatable bonds is 14. The highest BCUT2D eigenvalue weighted by Gasteiger charge is 2.44. The van der Waals surface area contributed by atoms with E-state index >= 15 is 0 Å². The van der Waals surface area contributed by atoms with Crippen molar-refractivity contribution >= 4 is 27.7 Å². The SMILES string of the molecule is CN(C)C(=O)CNc1cccc(S(=O)(=O)N(C[C@@H](O)[C@H](Cc2ccccc2)NC(=O)O[C@H]2CO[C@H]3OCC[C@H]32)OC2CCCC2)c1. The molecule has 2 aromatic rings. The summed E-state index contributed by atoms with van der Waals surface area (Å²) in [7, 11) is -1.01. The molecular formula is C32H44N4O9S. The van der Waals surface area contributed by atoms with Crippen molar-refractivity contribution in [1.82, 2.24) is 14.7 Å². The number of fused-ring (bicyclic) bond motifs is 1. The number of anilines is 1. The fourth-order valence-corrected chi connectivity index (χ4v) is 7.22. The van der Waals surface area contributed by atoms with Crippen molar-refractivity contribution in [2.24, 2.45) is 5.92 Å². The number of benzene rings is 2. The monoisotopic (exact) mass is 660 g/mol. The van der Waals surface area contributed by atoms with Crippen molar-refractivity contribution in [2.75, 3.05) is 45.7 Å². The van der Waals surface area contributed by atoms with E-state index in [9.17, 15) is 23.1 Å². The number of alkyl carbamates (subject to hydrolysis) is 1. The lowest BCUT2D eigenvalue weighted by molar-refractivity contribution is -0.145. The summed E-state index contributed by atoms with van der Waals surface area (Å²) in [6.07, 6.45) is 0.781. The number of sulfonamides is 1. The van der Waals surface area contributed by atoms with Gasteiger partial charge in [-0.3, -0.25) is 9.63 Å². The van der Waals surface area contributed by atoms with E-state index < -0.39 is 47.2 Å². The summed E-state index contributed by atoms with van der Waals surface area (Å²) in [5.41, 5.74) is 1.27. The summed E-state index contributed by atoms with van der Waals surface area (Å²) < 4.78 is 45.7. The van der Waals surface area contributed by atoms with Gasteiger partial charge < -0.3 is 34.9 Å². The molecule has 3 fully saturated rings. The quantitative estimate of drug-likeness (QED) is 0.258. The normalized spacial score (nSPS) is 22.7. The number of carbonyl (C=O) groups is 2. The lowest BCUT2D eigenvalue weighted by Gasteiger charge is -2.31. The zero-order valence-electron chi connectivity index (χ0n) is 26.2. The van der Waals surface area contributed by atoms with Crippen LogP contribution in [-0.2, 0) is 40.3 Å². The van der Waals surface area contributed by atoms with Gasteiger partial charge >= 0.3 is 6.09 Å². The minimum absolute atomic E-state index is 0.0121. The molecule has 14 heteroatoms. The Balaban J connectivity index is 1.34. The van der Waals surface area contributed by atoms with Crippen LogP contribution in [0.3, 0.4) is 0 Å². The molecule has 2 heterocycles. The maximum atomic E-state index is 14.0. The number of carbonyl (C=O) groups excluding carboxylic acids is 2. The number of hydrogen-bond acceptors (Lipinski definition) is 10. The Morgan fingerprint density at radius 1 is 1.04 bits per heavy atom. The van der Waals surface area contributed by atoms with Crippen LogP contribution in [0.4, 0.5) is 10.5 Å². The van der Waals surface area contributed by atoms with E-state index in [1.807, 2.05) is 30.3 Å². The molecule has 3 N–H and O–H groups in total. The molecule has 2 aliphatic heterocycles. The van der Waals surface area contributed by atoms with Gasteiger partial charge in [-0.2, -0.15) is 0 Å². The molecule has 46 heavy (non-hydrogen) atoms. The minimum Gasteiger partial charge on any atom is -0.443 e. The third-order valence-electron chi connectivity index (χ3n) is 8.56. The first-order valence-electron chi connectivity index (χ1n) is 15.8. The Bertz CT molecular complexity index is 1420. The van der Waals surface area contributed by atoms with E-state index in [0.29, 0.717) is 31.6 Å². The molecule has 0 bridgehead atoms. The van der Waals surface area contributed by atoms with Crippen LogP contribution in [0.25, 0.3) is 0 Å². The molecule has 2 amide bonds. The van der Waals surface area contributed by atoms with E-state index in [2.05, 4.69) is 10.6 Å². The van der Waals surface area contributed by atoms with Crippen molar-refractivity contribution < 1.29 is 42.2 Å². The standard InChI is InChI=1S/C32H44N4O9S/c1-35(2)30(38)19-33-23-11-8-14-25(18-23)46(40,41)36(45-24-12-6-7-13-24)20-28(37)27(17-22-9-4-3-5-10-22)34-32(39)44-29-21-43-31-26(29)15-16-42-31/h3-5,8-11,14,18,24,26-29,31,33,37H,6-7,12-13,15-17,19-21H2,1-2H3,(H,34,39)/t26-,27-,28+,29-,31+/m0/s1. The van der Waals surface area contributed by atoms with Crippen LogP contribution in [0.1, 0.15) is 37.7 Å². The van der Waals surface area contributed by atoms with Crippen LogP contribution in [0.5, 0.6) is 0 Å². The predicted octanol–water partition coefficient (Wildman–Crippen LogP) is 2.51. The number of hydroxylamine groups is 1. The number of hydrogen-bond donors (Lipinski definition) is 3. The van der Waals surface area contributed by atoms with E-state index in [0.717, 1.165) is 22.9 Å². The molecule has 2 saturated heterocycles. The van der Waals surface area contributed by atoms with Crippen molar-refractivity contribution in [3.05, 3.63) is 60.2 Å². The summed E-state index contributed by atoms with van der Waals surface area (Å²) in [4.78, 5) is 32.6. The van der Waals surface area contributed by atoms with E-state index in [-0.39, 0.29) is 42.4 Å². The molecule has 13 nitrogen and oxygen atoms in total. The molecule has 3 aliphatic rings. The van der Waals surface area contributed by atoms with Gasteiger partial charge in [0.15, 0.2) is 6.29 Å². The lowest BCUT2D eigenvalue weighted by Crippen LogP contribution is -2.51. The molecule has 5 atom stereocenters. The van der Waals surface area contributed by atoms with Crippen LogP contribution in [0.2, 0.25) is 0 Å². The molecule has 0 aromatic heterocycles. The average Bonchev–Trinajstić information content (AvgIpc) is 3.81. The number of nitrogens with one attached hydrogen (secondary N) is 2. The molecule has 0 unspecified atom stereocenters. The molecule has 252 valence electrons. The summed E-state index contributed by atoms with van der Waals surface area (Å²) in [5.74, 6) is -0.232. The summed E-state index contributed by atoms with van der Waals surface area (Å²) in [5, 5.41) is 17.3. The Morgan fingerprint density at radius 2 is 1.80 bits per heavy atom.